The average molecular weight is 272 g/mol. The number of nitrogens with two attached hydrogens (primary N) is 1. The van der Waals surface area contributed by atoms with E-state index in [4.69, 9.17) is 22.1 Å². The highest BCUT2D eigenvalue weighted by molar-refractivity contribution is 7.99. The van der Waals surface area contributed by atoms with Crippen LogP contribution < -0.4 is 5.73 Å². The highest BCUT2D eigenvalue weighted by Gasteiger charge is 2.00. The van der Waals surface area contributed by atoms with Crippen molar-refractivity contribution in [2.45, 2.75) is 11.8 Å². The molecule has 5 heteroatoms. The van der Waals surface area contributed by atoms with Crippen molar-refractivity contribution in [2.24, 2.45) is 0 Å². The highest BCUT2D eigenvalue weighted by Crippen LogP contribution is 2.27. The second-order valence-electron chi connectivity index (χ2n) is 3.15. The summed E-state index contributed by atoms with van der Waals surface area (Å²) in [7, 11) is 0. The third-order valence-corrected chi connectivity index (χ3v) is 3.11. The molecule has 0 aromatic heterocycles. The summed E-state index contributed by atoms with van der Waals surface area (Å²) in [5.74, 6) is 0.316. The molecule has 0 radical (unpaired) electrons. The van der Waals surface area contributed by atoms with Gasteiger partial charge in [0.25, 0.3) is 0 Å². The maximum absolute atomic E-state index is 11.0. The minimum Gasteiger partial charge on any atom is -0.463 e. The molecule has 1 aromatic rings. The van der Waals surface area contributed by atoms with Gasteiger partial charge in [-0.1, -0.05) is 17.7 Å². The van der Waals surface area contributed by atoms with E-state index in [0.717, 1.165) is 4.90 Å². The number of anilines is 1. The first-order valence-electron chi connectivity index (χ1n) is 5.14. The van der Waals surface area contributed by atoms with Gasteiger partial charge >= 0.3 is 5.97 Å². The number of carbonyl (C=O) groups excluding carboxylic acids is 1. The van der Waals surface area contributed by atoms with Crippen molar-refractivity contribution in [1.82, 2.24) is 0 Å². The van der Waals surface area contributed by atoms with Gasteiger partial charge in [0.15, 0.2) is 0 Å². The van der Waals surface area contributed by atoms with Gasteiger partial charge < -0.3 is 10.5 Å². The smallest absolute Gasteiger partial charge is 0.330 e. The van der Waals surface area contributed by atoms with Gasteiger partial charge in [-0.15, -0.1) is 11.8 Å². The molecule has 1 rings (SSSR count). The fraction of sp³-hybridized carbons (Fsp3) is 0.250. The molecule has 3 nitrogen and oxygen atoms in total. The van der Waals surface area contributed by atoms with Crippen LogP contribution in [0, 0.1) is 0 Å². The second-order valence-corrected chi connectivity index (χ2v) is 4.65. The maximum atomic E-state index is 11.0. The van der Waals surface area contributed by atoms with E-state index in [2.05, 4.69) is 0 Å². The Balaban J connectivity index is 2.45. The van der Waals surface area contributed by atoms with Gasteiger partial charge in [-0.25, -0.2) is 4.79 Å². The normalized spacial score (nSPS) is 10.7. The zero-order chi connectivity index (χ0) is 12.7. The van der Waals surface area contributed by atoms with Crippen LogP contribution in [0.15, 0.2) is 35.2 Å². The lowest BCUT2D eigenvalue weighted by Gasteiger charge is -2.03. The minimum atomic E-state index is -0.327. The summed E-state index contributed by atoms with van der Waals surface area (Å²) in [5.41, 5.74) is 6.47. The first-order valence-corrected chi connectivity index (χ1v) is 6.51. The summed E-state index contributed by atoms with van der Waals surface area (Å²) in [6.07, 6.45) is 3.15. The number of nitrogen functional groups attached to an aromatic ring is 1. The van der Waals surface area contributed by atoms with Crippen molar-refractivity contribution in [3.8, 4) is 0 Å². The van der Waals surface area contributed by atoms with E-state index < -0.39 is 0 Å². The highest BCUT2D eigenvalue weighted by atomic mass is 35.5. The van der Waals surface area contributed by atoms with Gasteiger partial charge in [0.05, 0.1) is 6.61 Å². The summed E-state index contributed by atoms with van der Waals surface area (Å²) in [4.78, 5) is 11.9. The number of esters is 1. The molecule has 0 aliphatic heterocycles. The quantitative estimate of drug-likeness (QED) is 0.387. The molecule has 92 valence electrons. The lowest BCUT2D eigenvalue weighted by atomic mass is 10.3. The van der Waals surface area contributed by atoms with Gasteiger partial charge in [0.1, 0.15) is 0 Å². The number of benzene rings is 1. The van der Waals surface area contributed by atoms with E-state index in [1.54, 1.807) is 31.2 Å². The molecule has 2 N–H and O–H groups in total. The Kier molecular flexibility index (Phi) is 5.94. The second kappa shape index (κ2) is 7.25. The monoisotopic (exact) mass is 271 g/mol. The Hall–Kier alpha value is -1.13. The average Bonchev–Trinajstić information content (AvgIpc) is 2.29. The molecule has 0 bridgehead atoms. The molecule has 0 heterocycles. The summed E-state index contributed by atoms with van der Waals surface area (Å²) < 4.78 is 4.76. The van der Waals surface area contributed by atoms with Crippen molar-refractivity contribution in [3.05, 3.63) is 35.4 Å². The number of thioether (sulfide) groups is 1. The molecule has 0 amide bonds. The van der Waals surface area contributed by atoms with Gasteiger partial charge in [-0.05, 0) is 25.1 Å². The standard InChI is InChI=1S/C12H14ClNO2S/c1-2-16-12(15)4-3-7-17-11-8-9(13)5-6-10(11)14/h3-6,8H,2,7,14H2,1H3/b4-3+. The molecule has 0 aliphatic rings. The van der Waals surface area contributed by atoms with Gasteiger partial charge in [-0.3, -0.25) is 0 Å². The summed E-state index contributed by atoms with van der Waals surface area (Å²) in [6.45, 7) is 2.16. The number of carbonyl (C=O) groups is 1. The molecular weight excluding hydrogens is 258 g/mol. The van der Waals surface area contributed by atoms with E-state index in [0.29, 0.717) is 23.1 Å². The van der Waals surface area contributed by atoms with Crippen LogP contribution in [0.25, 0.3) is 0 Å². The molecule has 0 atom stereocenters. The van der Waals surface area contributed by atoms with Crippen molar-refractivity contribution in [3.63, 3.8) is 0 Å². The van der Waals surface area contributed by atoms with E-state index in [-0.39, 0.29) is 5.97 Å². The lowest BCUT2D eigenvalue weighted by molar-refractivity contribution is -0.137. The van der Waals surface area contributed by atoms with Crippen LogP contribution in [0.2, 0.25) is 5.02 Å². The fourth-order valence-electron chi connectivity index (χ4n) is 1.11. The molecule has 17 heavy (non-hydrogen) atoms. The SMILES string of the molecule is CCOC(=O)/C=C/CSc1cc(Cl)ccc1N. The van der Waals surface area contributed by atoms with E-state index in [1.165, 1.54) is 17.8 Å². The van der Waals surface area contributed by atoms with Crippen LogP contribution in [0.4, 0.5) is 5.69 Å². The number of halogens is 1. The Morgan fingerprint density at radius 2 is 2.35 bits per heavy atom. The number of ether oxygens (including phenoxy) is 1. The van der Waals surface area contributed by atoms with E-state index in [9.17, 15) is 4.79 Å². The molecule has 0 aliphatic carbocycles. The van der Waals surface area contributed by atoms with Crippen LogP contribution in [-0.2, 0) is 9.53 Å². The molecule has 1 aromatic carbocycles. The van der Waals surface area contributed by atoms with Crippen molar-refractivity contribution >= 4 is 35.0 Å². The number of rotatable bonds is 5. The zero-order valence-electron chi connectivity index (χ0n) is 9.48. The Morgan fingerprint density at radius 1 is 1.59 bits per heavy atom. The third-order valence-electron chi connectivity index (χ3n) is 1.85. The summed E-state index contributed by atoms with van der Waals surface area (Å²) in [5, 5.41) is 0.649. The third kappa shape index (κ3) is 5.15. The maximum Gasteiger partial charge on any atom is 0.330 e. The van der Waals surface area contributed by atoms with Gasteiger partial charge in [0.2, 0.25) is 0 Å². The lowest BCUT2D eigenvalue weighted by Crippen LogP contribution is -1.98. The van der Waals surface area contributed by atoms with Crippen LogP contribution in [-0.4, -0.2) is 18.3 Å². The number of hydrogen-bond donors (Lipinski definition) is 1. The molecule has 0 unspecified atom stereocenters. The molecule has 0 saturated carbocycles. The van der Waals surface area contributed by atoms with Crippen LogP contribution in [0.5, 0.6) is 0 Å². The Labute approximate surface area is 110 Å². The van der Waals surface area contributed by atoms with Crippen LogP contribution >= 0.6 is 23.4 Å². The topological polar surface area (TPSA) is 52.3 Å². The molecule has 0 fully saturated rings. The van der Waals surface area contributed by atoms with Crippen LogP contribution in [0.3, 0.4) is 0 Å². The fourth-order valence-corrected chi connectivity index (χ4v) is 2.16. The zero-order valence-corrected chi connectivity index (χ0v) is 11.1. The number of hydrogen-bond acceptors (Lipinski definition) is 4. The van der Waals surface area contributed by atoms with Gasteiger partial charge in [-0.2, -0.15) is 0 Å². The molecular formula is C12H14ClNO2S. The molecule has 0 spiro atoms. The predicted molar refractivity (Wildman–Crippen MR) is 72.4 cm³/mol. The minimum absolute atomic E-state index is 0.327. The summed E-state index contributed by atoms with van der Waals surface area (Å²) in [6, 6.07) is 5.31. The Morgan fingerprint density at radius 3 is 3.06 bits per heavy atom. The van der Waals surface area contributed by atoms with E-state index >= 15 is 0 Å². The summed E-state index contributed by atoms with van der Waals surface area (Å²) >= 11 is 7.38. The van der Waals surface area contributed by atoms with E-state index in [1.807, 2.05) is 0 Å². The predicted octanol–water partition coefficient (Wildman–Crippen LogP) is 3.13. The van der Waals surface area contributed by atoms with Crippen molar-refractivity contribution in [1.29, 1.82) is 0 Å². The first kappa shape index (κ1) is 13.9. The van der Waals surface area contributed by atoms with Crippen molar-refractivity contribution < 1.29 is 9.53 Å². The van der Waals surface area contributed by atoms with Crippen LogP contribution in [0.1, 0.15) is 6.92 Å². The largest absolute Gasteiger partial charge is 0.463 e. The first-order chi connectivity index (χ1) is 8.13. The van der Waals surface area contributed by atoms with Gasteiger partial charge in [0, 0.05) is 27.4 Å². The Bertz CT molecular complexity index is 421. The van der Waals surface area contributed by atoms with Crippen molar-refractivity contribution in [2.75, 3.05) is 18.1 Å². The molecule has 0 saturated heterocycles.